The van der Waals surface area contributed by atoms with E-state index in [0.717, 1.165) is 4.21 Å². The van der Waals surface area contributed by atoms with Crippen LogP contribution in [0.4, 0.5) is 0 Å². The Hall–Kier alpha value is -0.0300. The van der Waals surface area contributed by atoms with Gasteiger partial charge in [0.15, 0.2) is 0 Å². The molecule has 0 saturated heterocycles. The molecule has 4 heteroatoms. The van der Waals surface area contributed by atoms with Gasteiger partial charge < -0.3 is 4.74 Å². The summed E-state index contributed by atoms with van der Waals surface area (Å²) >= 11 is 2.95. The van der Waals surface area contributed by atoms with Gasteiger partial charge in [0.2, 0.25) is 0 Å². The summed E-state index contributed by atoms with van der Waals surface area (Å²) in [5, 5.41) is 5.35. The summed E-state index contributed by atoms with van der Waals surface area (Å²) in [5.74, 6) is 0. The molecule has 0 fully saturated rings. The molecule has 1 heterocycles. The zero-order chi connectivity index (χ0) is 7.40. The molecule has 10 heavy (non-hydrogen) atoms. The van der Waals surface area contributed by atoms with Gasteiger partial charge in [0, 0.05) is 12.0 Å². The smallest absolute Gasteiger partial charge is 0.0805 e. The Bertz CT molecular complexity index is 199. The maximum atomic E-state index is 5.35. The minimum absolute atomic E-state index is 0.686. The van der Waals surface area contributed by atoms with Gasteiger partial charge in [-0.1, -0.05) is 0 Å². The topological polar surface area (TPSA) is 35.2 Å². The Labute approximate surface area is 68.5 Å². The Morgan fingerprint density at radius 3 is 3.00 bits per heavy atom. The van der Waals surface area contributed by atoms with Gasteiger partial charge in [-0.15, -0.1) is 11.3 Å². The van der Waals surface area contributed by atoms with E-state index in [0.29, 0.717) is 6.61 Å². The van der Waals surface area contributed by atoms with E-state index in [1.165, 1.54) is 16.8 Å². The quantitative estimate of drug-likeness (QED) is 0.712. The van der Waals surface area contributed by atoms with Crippen molar-refractivity contribution in [2.75, 3.05) is 7.11 Å². The molecular formula is C6H9NOS2. The third kappa shape index (κ3) is 1.98. The van der Waals surface area contributed by atoms with E-state index in [4.69, 9.17) is 9.88 Å². The van der Waals surface area contributed by atoms with Crippen molar-refractivity contribution in [3.05, 3.63) is 17.0 Å². The molecule has 1 aromatic rings. The van der Waals surface area contributed by atoms with E-state index in [1.807, 2.05) is 12.1 Å². The monoisotopic (exact) mass is 175 g/mol. The molecule has 0 unspecified atom stereocenters. The molecule has 0 bridgehead atoms. The Balaban J connectivity index is 2.59. The lowest BCUT2D eigenvalue weighted by atomic mass is 10.5. The van der Waals surface area contributed by atoms with E-state index < -0.39 is 0 Å². The van der Waals surface area contributed by atoms with Crippen molar-refractivity contribution in [2.24, 2.45) is 5.14 Å². The molecule has 1 aromatic heterocycles. The normalized spacial score (nSPS) is 10.2. The molecule has 0 spiro atoms. The molecule has 0 aliphatic rings. The van der Waals surface area contributed by atoms with Crippen LogP contribution in [0.2, 0.25) is 0 Å². The fourth-order valence-electron chi connectivity index (χ4n) is 0.641. The second-order valence-electron chi connectivity index (χ2n) is 1.77. The van der Waals surface area contributed by atoms with Crippen LogP contribution in [0, 0.1) is 0 Å². The summed E-state index contributed by atoms with van der Waals surface area (Å²) in [7, 11) is 1.69. The summed E-state index contributed by atoms with van der Waals surface area (Å²) in [6, 6.07) is 4.03. The van der Waals surface area contributed by atoms with Gasteiger partial charge in [-0.25, -0.2) is 0 Å². The average molecular weight is 175 g/mol. The molecule has 0 saturated carbocycles. The van der Waals surface area contributed by atoms with E-state index in [-0.39, 0.29) is 0 Å². The van der Waals surface area contributed by atoms with Gasteiger partial charge in [0.05, 0.1) is 10.8 Å². The third-order valence-electron chi connectivity index (χ3n) is 1.04. The number of nitrogens with two attached hydrogens (primary N) is 1. The number of ether oxygens (including phenoxy) is 1. The fourth-order valence-corrected chi connectivity index (χ4v) is 2.01. The summed E-state index contributed by atoms with van der Waals surface area (Å²) in [5.41, 5.74) is 0. The van der Waals surface area contributed by atoms with Gasteiger partial charge in [-0.3, -0.25) is 5.14 Å². The highest BCUT2D eigenvalue weighted by atomic mass is 32.2. The first-order valence-corrected chi connectivity index (χ1v) is 4.51. The minimum atomic E-state index is 0.686. The third-order valence-corrected chi connectivity index (χ3v) is 2.80. The molecule has 2 N–H and O–H groups in total. The summed E-state index contributed by atoms with van der Waals surface area (Å²) in [6.45, 7) is 0.686. The van der Waals surface area contributed by atoms with E-state index >= 15 is 0 Å². The second-order valence-corrected chi connectivity index (χ2v) is 3.87. The minimum Gasteiger partial charge on any atom is -0.379 e. The maximum absolute atomic E-state index is 5.35. The van der Waals surface area contributed by atoms with Crippen LogP contribution < -0.4 is 5.14 Å². The maximum Gasteiger partial charge on any atom is 0.0805 e. The van der Waals surface area contributed by atoms with E-state index in [1.54, 1.807) is 18.4 Å². The van der Waals surface area contributed by atoms with Gasteiger partial charge in [0.1, 0.15) is 0 Å². The van der Waals surface area contributed by atoms with Crippen molar-refractivity contribution in [3.8, 4) is 0 Å². The van der Waals surface area contributed by atoms with Crippen LogP contribution in [0.3, 0.4) is 0 Å². The molecule has 56 valence electrons. The van der Waals surface area contributed by atoms with E-state index in [2.05, 4.69) is 0 Å². The zero-order valence-corrected chi connectivity index (χ0v) is 7.30. The number of methoxy groups -OCH3 is 1. The van der Waals surface area contributed by atoms with Crippen molar-refractivity contribution in [1.29, 1.82) is 0 Å². The summed E-state index contributed by atoms with van der Waals surface area (Å²) in [4.78, 5) is 1.22. The summed E-state index contributed by atoms with van der Waals surface area (Å²) in [6.07, 6.45) is 0. The van der Waals surface area contributed by atoms with Crippen molar-refractivity contribution in [2.45, 2.75) is 10.8 Å². The molecule has 0 aliphatic heterocycles. The van der Waals surface area contributed by atoms with E-state index in [9.17, 15) is 0 Å². The van der Waals surface area contributed by atoms with Crippen LogP contribution in [0.25, 0.3) is 0 Å². The molecule has 0 atom stereocenters. The molecule has 2 nitrogen and oxygen atoms in total. The van der Waals surface area contributed by atoms with Crippen molar-refractivity contribution in [3.63, 3.8) is 0 Å². The fraction of sp³-hybridized carbons (Fsp3) is 0.333. The largest absolute Gasteiger partial charge is 0.379 e. The Kier molecular flexibility index (Phi) is 3.21. The highest BCUT2D eigenvalue weighted by molar-refractivity contribution is 7.99. The van der Waals surface area contributed by atoms with Crippen LogP contribution in [-0.2, 0) is 11.3 Å². The van der Waals surface area contributed by atoms with Crippen LogP contribution in [0.5, 0.6) is 0 Å². The molecular weight excluding hydrogens is 166 g/mol. The average Bonchev–Trinajstić information content (AvgIpc) is 2.37. The molecule has 1 rings (SSSR count). The van der Waals surface area contributed by atoms with Gasteiger partial charge in [-0.05, 0) is 24.1 Å². The molecule has 0 radical (unpaired) electrons. The number of thiophene rings is 1. The highest BCUT2D eigenvalue weighted by Gasteiger charge is 1.96. The van der Waals surface area contributed by atoms with Crippen LogP contribution in [0.15, 0.2) is 16.3 Å². The standard InChI is InChI=1S/C6H9NOS2/c1-8-4-5-2-3-6(9-5)10-7/h2-3H,4,7H2,1H3. The Morgan fingerprint density at radius 1 is 1.70 bits per heavy atom. The SMILES string of the molecule is COCc1ccc(SN)s1. The number of hydrogen-bond acceptors (Lipinski definition) is 4. The highest BCUT2D eigenvalue weighted by Crippen LogP contribution is 2.23. The second kappa shape index (κ2) is 3.98. The first-order valence-electron chi connectivity index (χ1n) is 2.81. The van der Waals surface area contributed by atoms with Crippen LogP contribution in [0.1, 0.15) is 4.88 Å². The molecule has 0 aromatic carbocycles. The predicted molar refractivity (Wildman–Crippen MR) is 45.1 cm³/mol. The predicted octanol–water partition coefficient (Wildman–Crippen LogP) is 1.86. The first-order chi connectivity index (χ1) is 4.86. The van der Waals surface area contributed by atoms with Crippen LogP contribution >= 0.6 is 23.3 Å². The van der Waals surface area contributed by atoms with Crippen molar-refractivity contribution in [1.82, 2.24) is 0 Å². The number of hydrogen-bond donors (Lipinski definition) is 1. The van der Waals surface area contributed by atoms with Gasteiger partial charge in [-0.2, -0.15) is 0 Å². The summed E-state index contributed by atoms with van der Waals surface area (Å²) < 4.78 is 6.08. The lowest BCUT2D eigenvalue weighted by Gasteiger charge is -1.90. The van der Waals surface area contributed by atoms with Crippen molar-refractivity contribution >= 4 is 23.3 Å². The zero-order valence-electron chi connectivity index (χ0n) is 5.66. The Morgan fingerprint density at radius 2 is 2.50 bits per heavy atom. The van der Waals surface area contributed by atoms with Crippen LogP contribution in [-0.4, -0.2) is 7.11 Å². The molecule has 0 aliphatic carbocycles. The lowest BCUT2D eigenvalue weighted by molar-refractivity contribution is 0.187. The molecule has 0 amide bonds. The van der Waals surface area contributed by atoms with Crippen molar-refractivity contribution < 1.29 is 4.74 Å². The number of rotatable bonds is 3. The first kappa shape index (κ1) is 8.07. The van der Waals surface area contributed by atoms with Gasteiger partial charge >= 0.3 is 0 Å². The van der Waals surface area contributed by atoms with Gasteiger partial charge in [0.25, 0.3) is 0 Å². The lowest BCUT2D eigenvalue weighted by Crippen LogP contribution is -1.79.